The van der Waals surface area contributed by atoms with Crippen molar-refractivity contribution < 1.29 is 14.3 Å². The maximum atomic E-state index is 12.2. The van der Waals surface area contributed by atoms with E-state index in [9.17, 15) is 4.79 Å². The third-order valence-corrected chi connectivity index (χ3v) is 4.93. The van der Waals surface area contributed by atoms with Gasteiger partial charge in [-0.05, 0) is 31.2 Å². The first-order valence-corrected chi connectivity index (χ1v) is 9.44. The summed E-state index contributed by atoms with van der Waals surface area (Å²) >= 11 is 7.32. The summed E-state index contributed by atoms with van der Waals surface area (Å²) < 4.78 is 12.1. The van der Waals surface area contributed by atoms with Crippen molar-refractivity contribution in [1.82, 2.24) is 20.1 Å². The number of benzene rings is 1. The van der Waals surface area contributed by atoms with Crippen molar-refractivity contribution >= 4 is 29.3 Å². The molecule has 142 valence electrons. The van der Waals surface area contributed by atoms with Crippen molar-refractivity contribution in [3.8, 4) is 11.4 Å². The van der Waals surface area contributed by atoms with E-state index in [-0.39, 0.29) is 11.2 Å². The van der Waals surface area contributed by atoms with E-state index in [2.05, 4.69) is 15.5 Å². The second-order valence-electron chi connectivity index (χ2n) is 5.50. The molecule has 0 aliphatic heterocycles. The standard InChI is InChI=1S/C17H23ClN4O3S/c1-12(16(23)19-8-10-24-2)26-17-21-20-15(22(17)9-11-25-3)13-4-6-14(18)7-5-13/h4-7,12H,8-11H2,1-3H3,(H,19,23)/t12-/m1/s1. The van der Waals surface area contributed by atoms with E-state index in [1.54, 1.807) is 14.2 Å². The second kappa shape index (κ2) is 10.5. The fourth-order valence-corrected chi connectivity index (χ4v) is 3.23. The van der Waals surface area contributed by atoms with E-state index in [0.717, 1.165) is 5.56 Å². The number of methoxy groups -OCH3 is 2. The van der Waals surface area contributed by atoms with E-state index in [4.69, 9.17) is 21.1 Å². The molecule has 2 rings (SSSR count). The smallest absolute Gasteiger partial charge is 0.233 e. The van der Waals surface area contributed by atoms with Gasteiger partial charge in [-0.15, -0.1) is 10.2 Å². The average molecular weight is 399 g/mol. The van der Waals surface area contributed by atoms with Crippen molar-refractivity contribution in [3.63, 3.8) is 0 Å². The summed E-state index contributed by atoms with van der Waals surface area (Å²) in [6.45, 7) is 3.90. The van der Waals surface area contributed by atoms with Gasteiger partial charge in [-0.2, -0.15) is 0 Å². The lowest BCUT2D eigenvalue weighted by Crippen LogP contribution is -2.33. The molecule has 0 spiro atoms. The topological polar surface area (TPSA) is 78.3 Å². The Bertz CT molecular complexity index is 709. The molecule has 0 saturated heterocycles. The van der Waals surface area contributed by atoms with Crippen molar-refractivity contribution in [3.05, 3.63) is 29.3 Å². The maximum Gasteiger partial charge on any atom is 0.233 e. The molecule has 1 amide bonds. The van der Waals surface area contributed by atoms with Gasteiger partial charge in [-0.3, -0.25) is 9.36 Å². The number of nitrogens with one attached hydrogen (secondary N) is 1. The highest BCUT2D eigenvalue weighted by Gasteiger charge is 2.20. The fraction of sp³-hybridized carbons (Fsp3) is 0.471. The zero-order chi connectivity index (χ0) is 18.9. The molecule has 0 radical (unpaired) electrons. The third-order valence-electron chi connectivity index (χ3n) is 3.60. The van der Waals surface area contributed by atoms with Crippen LogP contribution in [0.2, 0.25) is 5.02 Å². The summed E-state index contributed by atoms with van der Waals surface area (Å²) in [4.78, 5) is 12.2. The highest BCUT2D eigenvalue weighted by atomic mass is 35.5. The highest BCUT2D eigenvalue weighted by Crippen LogP contribution is 2.27. The zero-order valence-corrected chi connectivity index (χ0v) is 16.6. The SMILES string of the molecule is COCCNC(=O)[C@@H](C)Sc1nnc(-c2ccc(Cl)cc2)n1CCOC. The summed E-state index contributed by atoms with van der Waals surface area (Å²) in [6, 6.07) is 7.41. The van der Waals surface area contributed by atoms with Gasteiger partial charge >= 0.3 is 0 Å². The van der Waals surface area contributed by atoms with Crippen LogP contribution in [0.4, 0.5) is 0 Å². The van der Waals surface area contributed by atoms with E-state index in [0.29, 0.717) is 42.3 Å². The number of rotatable bonds is 10. The summed E-state index contributed by atoms with van der Waals surface area (Å²) in [5.41, 5.74) is 0.905. The van der Waals surface area contributed by atoms with Crippen molar-refractivity contribution in [2.75, 3.05) is 34.0 Å². The molecule has 0 aliphatic rings. The Labute approximate surface area is 162 Å². The monoisotopic (exact) mass is 398 g/mol. The largest absolute Gasteiger partial charge is 0.383 e. The molecule has 0 unspecified atom stereocenters. The van der Waals surface area contributed by atoms with Crippen LogP contribution in [0.25, 0.3) is 11.4 Å². The van der Waals surface area contributed by atoms with Gasteiger partial charge in [0.05, 0.1) is 25.0 Å². The molecule has 0 fully saturated rings. The number of thioether (sulfide) groups is 1. The number of aromatic nitrogens is 3. The molecular weight excluding hydrogens is 376 g/mol. The molecule has 7 nitrogen and oxygen atoms in total. The van der Waals surface area contributed by atoms with Crippen LogP contribution in [0.15, 0.2) is 29.4 Å². The molecule has 0 bridgehead atoms. The molecule has 1 aromatic heterocycles. The molecule has 0 saturated carbocycles. The predicted octanol–water partition coefficient (Wildman–Crippen LogP) is 2.49. The van der Waals surface area contributed by atoms with Crippen molar-refractivity contribution in [2.24, 2.45) is 0 Å². The number of carbonyl (C=O) groups excluding carboxylic acids is 1. The lowest BCUT2D eigenvalue weighted by molar-refractivity contribution is -0.120. The number of hydrogen-bond donors (Lipinski definition) is 1. The number of nitrogens with zero attached hydrogens (tertiary/aromatic N) is 3. The Morgan fingerprint density at radius 1 is 1.23 bits per heavy atom. The summed E-state index contributed by atoms with van der Waals surface area (Å²) in [7, 11) is 3.24. The summed E-state index contributed by atoms with van der Waals surface area (Å²) in [6.07, 6.45) is 0. The normalized spacial score (nSPS) is 12.2. The number of amides is 1. The third kappa shape index (κ3) is 5.70. The van der Waals surface area contributed by atoms with Crippen LogP contribution in [-0.4, -0.2) is 59.9 Å². The van der Waals surface area contributed by atoms with E-state index >= 15 is 0 Å². The van der Waals surface area contributed by atoms with Gasteiger partial charge in [0, 0.05) is 31.4 Å². The number of ether oxygens (including phenoxy) is 2. The van der Waals surface area contributed by atoms with Crippen LogP contribution >= 0.6 is 23.4 Å². The first kappa shape index (κ1) is 20.7. The van der Waals surface area contributed by atoms with Gasteiger partial charge in [0.1, 0.15) is 0 Å². The highest BCUT2D eigenvalue weighted by molar-refractivity contribution is 8.00. The minimum atomic E-state index is -0.310. The molecule has 0 aliphatic carbocycles. The van der Waals surface area contributed by atoms with Gasteiger partial charge in [-0.1, -0.05) is 23.4 Å². The minimum Gasteiger partial charge on any atom is -0.383 e. The van der Waals surface area contributed by atoms with Crippen LogP contribution in [-0.2, 0) is 20.8 Å². The van der Waals surface area contributed by atoms with Gasteiger partial charge in [0.25, 0.3) is 0 Å². The van der Waals surface area contributed by atoms with Crippen LogP contribution in [0, 0.1) is 0 Å². The van der Waals surface area contributed by atoms with Crippen molar-refractivity contribution in [1.29, 1.82) is 0 Å². The van der Waals surface area contributed by atoms with E-state index in [1.165, 1.54) is 11.8 Å². The summed E-state index contributed by atoms with van der Waals surface area (Å²) in [5, 5.41) is 12.4. The minimum absolute atomic E-state index is 0.0682. The molecule has 1 atom stereocenters. The molecule has 26 heavy (non-hydrogen) atoms. The van der Waals surface area contributed by atoms with Gasteiger partial charge < -0.3 is 14.8 Å². The number of halogens is 1. The quantitative estimate of drug-likeness (QED) is 0.489. The first-order chi connectivity index (χ1) is 12.6. The molecule has 2 aromatic rings. The zero-order valence-electron chi connectivity index (χ0n) is 15.1. The Morgan fingerprint density at radius 3 is 2.58 bits per heavy atom. The molecule has 1 aromatic carbocycles. The first-order valence-electron chi connectivity index (χ1n) is 8.18. The lowest BCUT2D eigenvalue weighted by atomic mass is 10.2. The van der Waals surface area contributed by atoms with Crippen LogP contribution in [0.1, 0.15) is 6.92 Å². The Hall–Kier alpha value is -1.61. The van der Waals surface area contributed by atoms with Crippen LogP contribution in [0.5, 0.6) is 0 Å². The summed E-state index contributed by atoms with van der Waals surface area (Å²) in [5.74, 6) is 0.648. The van der Waals surface area contributed by atoms with Crippen LogP contribution in [0.3, 0.4) is 0 Å². The predicted molar refractivity (Wildman–Crippen MR) is 103 cm³/mol. The molecule has 1 N–H and O–H groups in total. The molecular formula is C17H23ClN4O3S. The molecule has 1 heterocycles. The fourth-order valence-electron chi connectivity index (χ4n) is 2.20. The van der Waals surface area contributed by atoms with E-state index < -0.39 is 0 Å². The second-order valence-corrected chi connectivity index (χ2v) is 7.25. The van der Waals surface area contributed by atoms with Gasteiger partial charge in [-0.25, -0.2) is 0 Å². The Balaban J connectivity index is 2.17. The van der Waals surface area contributed by atoms with Crippen LogP contribution < -0.4 is 5.32 Å². The Kier molecular flexibility index (Phi) is 8.37. The van der Waals surface area contributed by atoms with Gasteiger partial charge in [0.15, 0.2) is 11.0 Å². The maximum absolute atomic E-state index is 12.2. The average Bonchev–Trinajstić information content (AvgIpc) is 3.03. The molecule has 9 heteroatoms. The number of carbonyl (C=O) groups is 1. The number of hydrogen-bond acceptors (Lipinski definition) is 6. The van der Waals surface area contributed by atoms with Crippen molar-refractivity contribution in [2.45, 2.75) is 23.9 Å². The Morgan fingerprint density at radius 2 is 1.92 bits per heavy atom. The van der Waals surface area contributed by atoms with E-state index in [1.807, 2.05) is 35.8 Å². The lowest BCUT2D eigenvalue weighted by Gasteiger charge is -2.13. The van der Waals surface area contributed by atoms with Gasteiger partial charge in [0.2, 0.25) is 5.91 Å².